The van der Waals surface area contributed by atoms with E-state index in [1.165, 1.54) is 17.5 Å². The van der Waals surface area contributed by atoms with E-state index in [2.05, 4.69) is 33.9 Å². The van der Waals surface area contributed by atoms with E-state index >= 15 is 0 Å². The number of carbonyl (C=O) groups is 2. The van der Waals surface area contributed by atoms with E-state index in [1.54, 1.807) is 4.90 Å². The van der Waals surface area contributed by atoms with Gasteiger partial charge in [-0.3, -0.25) is 14.5 Å². The molecular formula is C28H37ClN4O4S. The van der Waals surface area contributed by atoms with Crippen molar-refractivity contribution in [3.63, 3.8) is 0 Å². The zero-order valence-electron chi connectivity index (χ0n) is 21.8. The third-order valence-corrected chi connectivity index (χ3v) is 9.40. The standard InChI is InChI=1S/C28H36N4O4S.ClH/c1-37(35,36)30-16-13-28(26(29)34)20-22-7-3-5-9-24(22)32(28)25(33)11-17-31-18-14-27(15-19-31)12-10-21-6-2-4-8-23(21)27;/h2-9,30H,10-20H2,1H3,(H2,29,34);1H/t28-;/m1./s1. The average molecular weight is 561 g/mol. The molecule has 8 nitrogen and oxygen atoms in total. The van der Waals surface area contributed by atoms with Crippen LogP contribution in [0.25, 0.3) is 0 Å². The monoisotopic (exact) mass is 560 g/mol. The van der Waals surface area contributed by atoms with Gasteiger partial charge in [0.15, 0.2) is 0 Å². The van der Waals surface area contributed by atoms with Crippen molar-refractivity contribution in [1.29, 1.82) is 0 Å². The number of hydrogen-bond acceptors (Lipinski definition) is 5. The second-order valence-electron chi connectivity index (χ2n) is 10.9. The SMILES string of the molecule is CS(=O)(=O)NCC[C@]1(C(N)=O)Cc2ccccc2N1C(=O)CCN1CCC2(CCc3ccccc32)CC1.Cl. The van der Waals surface area contributed by atoms with Gasteiger partial charge in [-0.25, -0.2) is 13.1 Å². The Morgan fingerprint density at radius 1 is 1.00 bits per heavy atom. The van der Waals surface area contributed by atoms with Crippen molar-refractivity contribution in [2.24, 2.45) is 5.73 Å². The molecule has 1 spiro atoms. The Bertz CT molecular complexity index is 1310. The fourth-order valence-electron chi connectivity index (χ4n) is 6.69. The second kappa shape index (κ2) is 11.0. The summed E-state index contributed by atoms with van der Waals surface area (Å²) in [6, 6.07) is 16.2. The summed E-state index contributed by atoms with van der Waals surface area (Å²) in [6.07, 6.45) is 6.26. The van der Waals surface area contributed by atoms with Gasteiger partial charge in [0.25, 0.3) is 0 Å². The number of hydrogen-bond donors (Lipinski definition) is 2. The minimum atomic E-state index is -3.44. The van der Waals surface area contributed by atoms with Gasteiger partial charge in [-0.05, 0) is 73.4 Å². The van der Waals surface area contributed by atoms with Gasteiger partial charge in [0.05, 0.1) is 6.26 Å². The molecule has 2 aromatic carbocycles. The van der Waals surface area contributed by atoms with Gasteiger partial charge in [0.2, 0.25) is 21.8 Å². The third-order valence-electron chi connectivity index (χ3n) is 8.67. The molecule has 2 aliphatic heterocycles. The van der Waals surface area contributed by atoms with Gasteiger partial charge in [0, 0.05) is 31.6 Å². The zero-order valence-corrected chi connectivity index (χ0v) is 23.5. The maximum atomic E-state index is 13.7. The van der Waals surface area contributed by atoms with Crippen molar-refractivity contribution in [3.8, 4) is 0 Å². The number of likely N-dealkylation sites (tertiary alicyclic amines) is 1. The van der Waals surface area contributed by atoms with Crippen LogP contribution in [0.5, 0.6) is 0 Å². The molecule has 0 saturated carbocycles. The summed E-state index contributed by atoms with van der Waals surface area (Å²) in [5.74, 6) is -0.776. The highest BCUT2D eigenvalue weighted by Crippen LogP contribution is 2.46. The molecule has 0 aromatic heterocycles. The molecule has 0 unspecified atom stereocenters. The molecule has 10 heteroatoms. The lowest BCUT2D eigenvalue weighted by Crippen LogP contribution is -2.60. The maximum absolute atomic E-state index is 13.7. The fourth-order valence-corrected chi connectivity index (χ4v) is 7.17. The number of sulfonamides is 1. The van der Waals surface area contributed by atoms with E-state index in [-0.39, 0.29) is 49.5 Å². The van der Waals surface area contributed by atoms with Crippen molar-refractivity contribution in [1.82, 2.24) is 9.62 Å². The van der Waals surface area contributed by atoms with Gasteiger partial charge in [0.1, 0.15) is 5.54 Å². The zero-order chi connectivity index (χ0) is 26.3. The van der Waals surface area contributed by atoms with Crippen LogP contribution >= 0.6 is 12.4 Å². The molecule has 38 heavy (non-hydrogen) atoms. The Kier molecular flexibility index (Phi) is 8.23. The summed E-state index contributed by atoms with van der Waals surface area (Å²) >= 11 is 0. The molecule has 1 aliphatic carbocycles. The summed E-state index contributed by atoms with van der Waals surface area (Å²) in [5.41, 5.74) is 9.42. The van der Waals surface area contributed by atoms with Crippen LogP contribution in [0.2, 0.25) is 0 Å². The average Bonchev–Trinajstić information content (AvgIpc) is 3.39. The van der Waals surface area contributed by atoms with E-state index in [9.17, 15) is 18.0 Å². The molecule has 206 valence electrons. The van der Waals surface area contributed by atoms with Crippen molar-refractivity contribution in [2.75, 3.05) is 37.3 Å². The van der Waals surface area contributed by atoms with Gasteiger partial charge in [-0.15, -0.1) is 12.4 Å². The number of benzene rings is 2. The summed E-state index contributed by atoms with van der Waals surface area (Å²) < 4.78 is 25.7. The van der Waals surface area contributed by atoms with Crippen molar-refractivity contribution >= 4 is 39.9 Å². The van der Waals surface area contributed by atoms with Gasteiger partial charge in [-0.2, -0.15) is 0 Å². The predicted octanol–water partition coefficient (Wildman–Crippen LogP) is 2.53. The Morgan fingerprint density at radius 2 is 1.66 bits per heavy atom. The number of primary amides is 1. The van der Waals surface area contributed by atoms with E-state index in [1.807, 2.05) is 24.3 Å². The van der Waals surface area contributed by atoms with Crippen LogP contribution in [-0.2, 0) is 37.9 Å². The molecule has 1 saturated heterocycles. The first kappa shape index (κ1) is 28.5. The third kappa shape index (κ3) is 5.34. The number of anilines is 1. The molecule has 0 radical (unpaired) electrons. The first-order valence-electron chi connectivity index (χ1n) is 13.1. The Morgan fingerprint density at radius 3 is 2.34 bits per heavy atom. The van der Waals surface area contributed by atoms with E-state index in [0.717, 1.165) is 44.2 Å². The van der Waals surface area contributed by atoms with Crippen molar-refractivity contribution < 1.29 is 18.0 Å². The minimum Gasteiger partial charge on any atom is -0.368 e. The number of aryl methyl sites for hydroxylation is 1. The van der Waals surface area contributed by atoms with Crippen LogP contribution in [0.3, 0.4) is 0 Å². The van der Waals surface area contributed by atoms with Crippen LogP contribution < -0.4 is 15.4 Å². The molecule has 3 aliphatic rings. The number of rotatable bonds is 8. The van der Waals surface area contributed by atoms with E-state index in [4.69, 9.17) is 5.73 Å². The molecule has 1 atom stereocenters. The number of halogens is 1. The number of amides is 2. The number of carbonyl (C=O) groups excluding carboxylic acids is 2. The number of nitrogens with two attached hydrogens (primary N) is 1. The molecule has 5 rings (SSSR count). The van der Waals surface area contributed by atoms with E-state index in [0.29, 0.717) is 12.2 Å². The fraction of sp³-hybridized carbons (Fsp3) is 0.500. The van der Waals surface area contributed by atoms with Crippen LogP contribution in [0.4, 0.5) is 5.69 Å². The largest absolute Gasteiger partial charge is 0.368 e. The Balaban J connectivity index is 0.00000336. The van der Waals surface area contributed by atoms with Crippen molar-refractivity contribution in [3.05, 3.63) is 65.2 Å². The summed E-state index contributed by atoms with van der Waals surface area (Å²) in [7, 11) is -3.44. The molecule has 2 amide bonds. The molecule has 1 fully saturated rings. The van der Waals surface area contributed by atoms with Crippen LogP contribution in [0, 0.1) is 0 Å². The number of piperidine rings is 1. The number of nitrogens with zero attached hydrogens (tertiary/aromatic N) is 2. The summed E-state index contributed by atoms with van der Waals surface area (Å²) in [6.45, 7) is 2.52. The Labute approximate surface area is 231 Å². The lowest BCUT2D eigenvalue weighted by molar-refractivity contribution is -0.128. The smallest absolute Gasteiger partial charge is 0.244 e. The van der Waals surface area contributed by atoms with Gasteiger partial charge in [-0.1, -0.05) is 42.5 Å². The highest BCUT2D eigenvalue weighted by Gasteiger charge is 2.51. The van der Waals surface area contributed by atoms with Gasteiger partial charge < -0.3 is 10.6 Å². The lowest BCUT2D eigenvalue weighted by Gasteiger charge is -2.41. The quantitative estimate of drug-likeness (QED) is 0.515. The first-order chi connectivity index (χ1) is 17.6. The first-order valence-corrected chi connectivity index (χ1v) is 15.0. The number of fused-ring (bicyclic) bond motifs is 3. The molecule has 2 aromatic rings. The molecule has 2 heterocycles. The molecular weight excluding hydrogens is 524 g/mol. The predicted molar refractivity (Wildman–Crippen MR) is 151 cm³/mol. The van der Waals surface area contributed by atoms with Gasteiger partial charge >= 0.3 is 0 Å². The lowest BCUT2D eigenvalue weighted by atomic mass is 9.74. The Hall–Kier alpha value is -2.46. The minimum absolute atomic E-state index is 0. The topological polar surface area (TPSA) is 113 Å². The molecule has 3 N–H and O–H groups in total. The van der Waals surface area contributed by atoms with Crippen LogP contribution in [0.15, 0.2) is 48.5 Å². The highest BCUT2D eigenvalue weighted by molar-refractivity contribution is 7.88. The number of nitrogens with one attached hydrogen (secondary N) is 1. The van der Waals surface area contributed by atoms with Crippen LogP contribution in [-0.4, -0.2) is 63.1 Å². The van der Waals surface area contributed by atoms with Crippen LogP contribution in [0.1, 0.15) is 48.8 Å². The summed E-state index contributed by atoms with van der Waals surface area (Å²) in [5, 5.41) is 0. The number of para-hydroxylation sites is 1. The second-order valence-corrected chi connectivity index (χ2v) is 12.7. The molecule has 0 bridgehead atoms. The van der Waals surface area contributed by atoms with Crippen molar-refractivity contribution in [2.45, 2.75) is 55.9 Å². The maximum Gasteiger partial charge on any atom is 0.244 e. The highest BCUT2D eigenvalue weighted by atomic mass is 35.5. The normalized spacial score (nSPS) is 22.1. The van der Waals surface area contributed by atoms with E-state index < -0.39 is 21.5 Å². The summed E-state index contributed by atoms with van der Waals surface area (Å²) in [4.78, 5) is 30.4.